The quantitative estimate of drug-likeness (QED) is 0.645. The van der Waals surface area contributed by atoms with Gasteiger partial charge in [0.25, 0.3) is 5.91 Å². The number of aryl methyl sites for hydroxylation is 2. The first-order valence-corrected chi connectivity index (χ1v) is 6.81. The Kier molecular flexibility index (Phi) is 3.01. The number of nitrogens with zero attached hydrogens (tertiary/aromatic N) is 1. The Balaban J connectivity index is 2.14. The third kappa shape index (κ3) is 2.09. The first-order valence-electron chi connectivity index (χ1n) is 6.81. The second kappa shape index (κ2) is 4.74. The van der Waals surface area contributed by atoms with Gasteiger partial charge in [-0.05, 0) is 48.7 Å². The van der Waals surface area contributed by atoms with Crippen molar-refractivity contribution in [3.05, 3.63) is 58.7 Å². The number of carbonyl (C=O) groups excluding carboxylic acids is 2. The minimum atomic E-state index is -0.309. The van der Waals surface area contributed by atoms with Crippen LogP contribution >= 0.6 is 0 Å². The van der Waals surface area contributed by atoms with Crippen LogP contribution in [0.2, 0.25) is 0 Å². The standard InChI is InChI=1S/C17H16N2O2/c1-10-7-14(18)15(8-11(10)2)19-16(20)9-12-5-3-4-6-13(12)17(19)21/h3-8H,9,18H2,1-2H3. The molecule has 106 valence electrons. The summed E-state index contributed by atoms with van der Waals surface area (Å²) in [5, 5.41) is 0. The Labute approximate surface area is 123 Å². The zero-order valence-electron chi connectivity index (χ0n) is 12.0. The van der Waals surface area contributed by atoms with Crippen molar-refractivity contribution < 1.29 is 9.59 Å². The Morgan fingerprint density at radius 2 is 1.71 bits per heavy atom. The monoisotopic (exact) mass is 280 g/mol. The fourth-order valence-electron chi connectivity index (χ4n) is 2.62. The number of carbonyl (C=O) groups is 2. The predicted molar refractivity (Wildman–Crippen MR) is 82.3 cm³/mol. The van der Waals surface area contributed by atoms with Gasteiger partial charge in [0, 0.05) is 5.56 Å². The minimum absolute atomic E-state index is 0.217. The van der Waals surface area contributed by atoms with E-state index in [1.165, 1.54) is 4.90 Å². The summed E-state index contributed by atoms with van der Waals surface area (Å²) < 4.78 is 0. The van der Waals surface area contributed by atoms with Crippen LogP contribution in [0, 0.1) is 13.8 Å². The molecule has 21 heavy (non-hydrogen) atoms. The van der Waals surface area contributed by atoms with E-state index in [-0.39, 0.29) is 18.2 Å². The van der Waals surface area contributed by atoms with Gasteiger partial charge in [-0.25, -0.2) is 4.90 Å². The summed E-state index contributed by atoms with van der Waals surface area (Å²) in [6.45, 7) is 3.88. The molecule has 0 fully saturated rings. The highest BCUT2D eigenvalue weighted by Gasteiger charge is 2.33. The summed E-state index contributed by atoms with van der Waals surface area (Å²) in [5.41, 5.74) is 10.3. The summed E-state index contributed by atoms with van der Waals surface area (Å²) in [6, 6.07) is 10.8. The molecule has 1 aliphatic heterocycles. The second-order valence-electron chi connectivity index (χ2n) is 5.36. The van der Waals surface area contributed by atoms with Crippen LogP contribution in [0.25, 0.3) is 0 Å². The number of hydrogen-bond donors (Lipinski definition) is 1. The maximum Gasteiger partial charge on any atom is 0.265 e. The molecule has 1 heterocycles. The van der Waals surface area contributed by atoms with E-state index in [2.05, 4.69) is 0 Å². The smallest absolute Gasteiger partial charge is 0.265 e. The van der Waals surface area contributed by atoms with E-state index < -0.39 is 0 Å². The van der Waals surface area contributed by atoms with Crippen LogP contribution in [0.3, 0.4) is 0 Å². The van der Waals surface area contributed by atoms with Crippen molar-refractivity contribution in [2.24, 2.45) is 0 Å². The van der Waals surface area contributed by atoms with E-state index in [4.69, 9.17) is 5.73 Å². The zero-order chi connectivity index (χ0) is 15.1. The lowest BCUT2D eigenvalue weighted by Gasteiger charge is -2.28. The van der Waals surface area contributed by atoms with Gasteiger partial charge in [-0.1, -0.05) is 18.2 Å². The first kappa shape index (κ1) is 13.4. The van der Waals surface area contributed by atoms with Crippen LogP contribution in [-0.4, -0.2) is 11.8 Å². The van der Waals surface area contributed by atoms with Gasteiger partial charge < -0.3 is 5.73 Å². The molecule has 0 unspecified atom stereocenters. The Morgan fingerprint density at radius 3 is 2.48 bits per heavy atom. The van der Waals surface area contributed by atoms with Gasteiger partial charge in [0.05, 0.1) is 17.8 Å². The molecule has 0 aromatic heterocycles. The number of benzene rings is 2. The van der Waals surface area contributed by atoms with Gasteiger partial charge >= 0.3 is 0 Å². The molecule has 2 aromatic rings. The lowest BCUT2D eigenvalue weighted by molar-refractivity contribution is -0.117. The first-order chi connectivity index (χ1) is 9.99. The van der Waals surface area contributed by atoms with Gasteiger partial charge in [-0.3, -0.25) is 9.59 Å². The van der Waals surface area contributed by atoms with E-state index in [1.54, 1.807) is 24.3 Å². The molecule has 0 atom stereocenters. The number of anilines is 2. The second-order valence-corrected chi connectivity index (χ2v) is 5.36. The van der Waals surface area contributed by atoms with Gasteiger partial charge in [0.15, 0.2) is 0 Å². The SMILES string of the molecule is Cc1cc(N)c(N2C(=O)Cc3ccccc3C2=O)cc1C. The van der Waals surface area contributed by atoms with Gasteiger partial charge in [-0.15, -0.1) is 0 Å². The van der Waals surface area contributed by atoms with Crippen LogP contribution in [0.4, 0.5) is 11.4 Å². The molecule has 2 amide bonds. The lowest BCUT2D eigenvalue weighted by atomic mass is 9.97. The predicted octanol–water partition coefficient (Wildman–Crippen LogP) is 2.62. The molecule has 0 bridgehead atoms. The van der Waals surface area contributed by atoms with E-state index in [0.29, 0.717) is 16.9 Å². The number of amides is 2. The average molecular weight is 280 g/mol. The highest BCUT2D eigenvalue weighted by atomic mass is 16.2. The van der Waals surface area contributed by atoms with Crippen molar-refractivity contribution in [2.45, 2.75) is 20.3 Å². The molecule has 3 rings (SSSR count). The fraction of sp³-hybridized carbons (Fsp3) is 0.176. The molecule has 0 saturated carbocycles. The molecule has 2 aromatic carbocycles. The number of hydrogen-bond acceptors (Lipinski definition) is 3. The van der Waals surface area contributed by atoms with Crippen LogP contribution in [0.15, 0.2) is 36.4 Å². The van der Waals surface area contributed by atoms with Gasteiger partial charge in [0.2, 0.25) is 5.91 Å². The molecule has 0 spiro atoms. The molecular formula is C17H16N2O2. The maximum atomic E-state index is 12.6. The van der Waals surface area contributed by atoms with E-state index in [0.717, 1.165) is 16.7 Å². The third-order valence-electron chi connectivity index (χ3n) is 3.93. The highest BCUT2D eigenvalue weighted by molar-refractivity contribution is 6.25. The van der Waals surface area contributed by atoms with Crippen molar-refractivity contribution in [2.75, 3.05) is 10.6 Å². The number of nitrogens with two attached hydrogens (primary N) is 1. The molecule has 4 nitrogen and oxygen atoms in total. The normalized spacial score (nSPS) is 14.3. The number of rotatable bonds is 1. The van der Waals surface area contributed by atoms with Crippen LogP contribution < -0.4 is 10.6 Å². The van der Waals surface area contributed by atoms with Crippen LogP contribution in [0.5, 0.6) is 0 Å². The molecular weight excluding hydrogens is 264 g/mol. The van der Waals surface area contributed by atoms with Crippen LogP contribution in [-0.2, 0) is 11.2 Å². The molecule has 0 saturated heterocycles. The van der Waals surface area contributed by atoms with Crippen molar-refractivity contribution in [3.8, 4) is 0 Å². The molecule has 2 N–H and O–H groups in total. The largest absolute Gasteiger partial charge is 0.397 e. The lowest BCUT2D eigenvalue weighted by Crippen LogP contribution is -2.42. The number of imide groups is 1. The number of nitrogen functional groups attached to an aromatic ring is 1. The molecule has 0 aliphatic carbocycles. The topological polar surface area (TPSA) is 63.4 Å². The Bertz CT molecular complexity index is 765. The van der Waals surface area contributed by atoms with Crippen molar-refractivity contribution >= 4 is 23.2 Å². The van der Waals surface area contributed by atoms with Crippen LogP contribution in [0.1, 0.15) is 27.0 Å². The van der Waals surface area contributed by atoms with Gasteiger partial charge in [-0.2, -0.15) is 0 Å². The average Bonchev–Trinajstić information content (AvgIpc) is 2.44. The maximum absolute atomic E-state index is 12.6. The zero-order valence-corrected chi connectivity index (χ0v) is 12.0. The summed E-state index contributed by atoms with van der Waals surface area (Å²) in [5.74, 6) is -0.551. The van der Waals surface area contributed by atoms with Crippen molar-refractivity contribution in [1.82, 2.24) is 0 Å². The summed E-state index contributed by atoms with van der Waals surface area (Å²) in [6.07, 6.45) is 0.217. The third-order valence-corrected chi connectivity index (χ3v) is 3.93. The van der Waals surface area contributed by atoms with E-state index in [9.17, 15) is 9.59 Å². The fourth-order valence-corrected chi connectivity index (χ4v) is 2.62. The minimum Gasteiger partial charge on any atom is -0.397 e. The van der Waals surface area contributed by atoms with Gasteiger partial charge in [0.1, 0.15) is 0 Å². The van der Waals surface area contributed by atoms with Crippen molar-refractivity contribution in [3.63, 3.8) is 0 Å². The summed E-state index contributed by atoms with van der Waals surface area (Å²) in [7, 11) is 0. The van der Waals surface area contributed by atoms with E-state index in [1.807, 2.05) is 26.0 Å². The Morgan fingerprint density at radius 1 is 1.05 bits per heavy atom. The summed E-state index contributed by atoms with van der Waals surface area (Å²) >= 11 is 0. The van der Waals surface area contributed by atoms with Crippen molar-refractivity contribution in [1.29, 1.82) is 0 Å². The molecule has 1 aliphatic rings. The summed E-state index contributed by atoms with van der Waals surface area (Å²) in [4.78, 5) is 26.2. The van der Waals surface area contributed by atoms with E-state index >= 15 is 0 Å². The Hall–Kier alpha value is -2.62. The highest BCUT2D eigenvalue weighted by Crippen LogP contribution is 2.31. The molecule has 4 heteroatoms. The number of fused-ring (bicyclic) bond motifs is 1. The molecule has 0 radical (unpaired) electrons.